The van der Waals surface area contributed by atoms with E-state index in [9.17, 15) is 9.59 Å². The van der Waals surface area contributed by atoms with E-state index in [0.717, 1.165) is 29.5 Å². The highest BCUT2D eigenvalue weighted by atomic mass is 16.5. The van der Waals surface area contributed by atoms with Gasteiger partial charge in [0.1, 0.15) is 5.84 Å². The summed E-state index contributed by atoms with van der Waals surface area (Å²) in [4.78, 5) is 32.9. The monoisotopic (exact) mass is 538 g/mol. The first kappa shape index (κ1) is 29.3. The summed E-state index contributed by atoms with van der Waals surface area (Å²) in [7, 11) is 0. The molecule has 1 fully saturated rings. The predicted molar refractivity (Wildman–Crippen MR) is 163 cm³/mol. The summed E-state index contributed by atoms with van der Waals surface area (Å²) >= 11 is 0. The van der Waals surface area contributed by atoms with Gasteiger partial charge in [0.15, 0.2) is 18.3 Å². The Hall–Kier alpha value is -3.73. The van der Waals surface area contributed by atoms with Gasteiger partial charge >= 0.3 is 5.97 Å². The number of esters is 1. The van der Waals surface area contributed by atoms with Crippen molar-refractivity contribution >= 4 is 23.3 Å². The molecule has 1 aliphatic heterocycles. The van der Waals surface area contributed by atoms with Gasteiger partial charge in [-0.2, -0.15) is 0 Å². The number of benzene rings is 3. The first-order valence-electron chi connectivity index (χ1n) is 14.5. The number of aliphatic imine (C=N–C) groups is 1. The molecule has 0 N–H and O–H groups in total. The Morgan fingerprint density at radius 1 is 0.850 bits per heavy atom. The zero-order valence-electron chi connectivity index (χ0n) is 24.4. The molecule has 0 aromatic heterocycles. The van der Waals surface area contributed by atoms with Crippen LogP contribution in [0.25, 0.3) is 11.1 Å². The van der Waals surface area contributed by atoms with Crippen molar-refractivity contribution in [2.45, 2.75) is 71.8 Å². The fourth-order valence-corrected chi connectivity index (χ4v) is 5.01. The van der Waals surface area contributed by atoms with Crippen LogP contribution in [0.15, 0.2) is 83.9 Å². The Morgan fingerprint density at radius 3 is 2.10 bits per heavy atom. The van der Waals surface area contributed by atoms with Crippen molar-refractivity contribution in [3.8, 4) is 11.1 Å². The molecule has 1 aliphatic rings. The molecule has 3 aromatic rings. The van der Waals surface area contributed by atoms with Crippen molar-refractivity contribution < 1.29 is 14.3 Å². The van der Waals surface area contributed by atoms with Crippen LogP contribution in [0.2, 0.25) is 0 Å². The van der Waals surface area contributed by atoms with Gasteiger partial charge in [0.25, 0.3) is 0 Å². The number of ether oxygens (including phenoxy) is 1. The maximum atomic E-state index is 12.9. The Bertz CT molecular complexity index is 1270. The molecule has 1 heterocycles. The molecule has 0 radical (unpaired) electrons. The topological polar surface area (TPSA) is 59.0 Å². The molecule has 0 saturated carbocycles. The summed E-state index contributed by atoms with van der Waals surface area (Å²) in [5.41, 5.74) is 5.37. The minimum Gasteiger partial charge on any atom is -0.457 e. The smallest absolute Gasteiger partial charge is 0.324 e. The number of unbranched alkanes of at least 4 members (excludes halogenated alkanes) is 4. The third kappa shape index (κ3) is 7.68. The largest absolute Gasteiger partial charge is 0.457 e. The zero-order valence-corrected chi connectivity index (χ0v) is 24.4. The van der Waals surface area contributed by atoms with Crippen LogP contribution in [-0.4, -0.2) is 35.6 Å². The van der Waals surface area contributed by atoms with Crippen LogP contribution in [0.1, 0.15) is 70.9 Å². The van der Waals surface area contributed by atoms with Crippen LogP contribution >= 0.6 is 0 Å². The lowest BCUT2D eigenvalue weighted by Gasteiger charge is -2.29. The molecule has 3 aromatic carbocycles. The van der Waals surface area contributed by atoms with E-state index in [4.69, 9.17) is 9.73 Å². The molecule has 0 aliphatic carbocycles. The lowest BCUT2D eigenvalue weighted by atomic mass is 9.86. The van der Waals surface area contributed by atoms with Crippen molar-refractivity contribution in [3.63, 3.8) is 0 Å². The summed E-state index contributed by atoms with van der Waals surface area (Å²) in [5.74, 6) is -1.26. The van der Waals surface area contributed by atoms with E-state index in [2.05, 4.69) is 69.0 Å². The van der Waals surface area contributed by atoms with Gasteiger partial charge in [-0.1, -0.05) is 120 Å². The molecule has 4 rings (SSSR count). The van der Waals surface area contributed by atoms with E-state index in [1.54, 1.807) is 0 Å². The number of rotatable bonds is 11. The maximum absolute atomic E-state index is 12.9. The van der Waals surface area contributed by atoms with E-state index in [-0.39, 0.29) is 17.8 Å². The van der Waals surface area contributed by atoms with Gasteiger partial charge in [0.05, 0.1) is 5.69 Å². The fraction of sp³-hybridized carbons (Fsp3) is 0.400. The van der Waals surface area contributed by atoms with Crippen LogP contribution in [0.5, 0.6) is 0 Å². The summed E-state index contributed by atoms with van der Waals surface area (Å²) in [5, 5.41) is 0. The molecule has 1 atom stereocenters. The Morgan fingerprint density at radius 2 is 1.50 bits per heavy atom. The average molecular weight is 539 g/mol. The second kappa shape index (κ2) is 13.6. The number of carbonyl (C=O) groups is 2. The van der Waals surface area contributed by atoms with E-state index in [1.807, 2.05) is 42.5 Å². The summed E-state index contributed by atoms with van der Waals surface area (Å²) in [6.45, 7) is 9.90. The van der Waals surface area contributed by atoms with Gasteiger partial charge in [0.2, 0.25) is 0 Å². The number of Topliss-reactive ketones (excluding diaryl/α,β-unsaturated/α-hetero) is 1. The average Bonchev–Trinajstić information content (AvgIpc) is 3.29. The number of nitrogens with zero attached hydrogens (tertiary/aromatic N) is 2. The molecule has 5 heteroatoms. The maximum Gasteiger partial charge on any atom is 0.324 e. The van der Waals surface area contributed by atoms with Crippen molar-refractivity contribution in [3.05, 3.63) is 90.0 Å². The Labute approximate surface area is 239 Å². The Balaban J connectivity index is 1.67. The van der Waals surface area contributed by atoms with E-state index in [0.29, 0.717) is 24.6 Å². The lowest BCUT2D eigenvalue weighted by Crippen LogP contribution is -2.41. The normalized spacial score (nSPS) is 15.8. The lowest BCUT2D eigenvalue weighted by molar-refractivity contribution is -0.139. The van der Waals surface area contributed by atoms with E-state index in [1.165, 1.54) is 24.8 Å². The SMILES string of the molecule is CCCCCCCN(Cc1ccc(C(C)(C)C)cc1)C(=Nc1ccc(-c2ccccc2)cc1)C1C(=O)COC1=O. The third-order valence-corrected chi connectivity index (χ3v) is 7.44. The molecular weight excluding hydrogens is 496 g/mol. The highest BCUT2D eigenvalue weighted by molar-refractivity contribution is 6.22. The van der Waals surface area contributed by atoms with Crippen molar-refractivity contribution in [1.29, 1.82) is 0 Å². The second-order valence-corrected chi connectivity index (χ2v) is 11.7. The van der Waals surface area contributed by atoms with Crippen LogP contribution in [0.3, 0.4) is 0 Å². The molecule has 1 unspecified atom stereocenters. The van der Waals surface area contributed by atoms with E-state index >= 15 is 0 Å². The molecular formula is C35H42N2O3. The second-order valence-electron chi connectivity index (χ2n) is 11.7. The molecule has 0 spiro atoms. The molecule has 1 saturated heterocycles. The van der Waals surface area contributed by atoms with Gasteiger partial charge in [-0.25, -0.2) is 4.99 Å². The Kier molecular flexibility index (Phi) is 9.92. The molecule has 5 nitrogen and oxygen atoms in total. The molecule has 0 amide bonds. The highest BCUT2D eigenvalue weighted by Crippen LogP contribution is 2.27. The van der Waals surface area contributed by atoms with Crippen LogP contribution < -0.4 is 0 Å². The molecule has 210 valence electrons. The number of carbonyl (C=O) groups excluding carboxylic acids is 2. The number of hydrogen-bond donors (Lipinski definition) is 0. The number of cyclic esters (lactones) is 1. The number of amidine groups is 1. The number of ketones is 1. The first-order valence-corrected chi connectivity index (χ1v) is 14.5. The minimum absolute atomic E-state index is 0.0655. The zero-order chi connectivity index (χ0) is 28.5. The van der Waals surface area contributed by atoms with Crippen molar-refractivity contribution in [2.75, 3.05) is 13.2 Å². The summed E-state index contributed by atoms with van der Waals surface area (Å²) in [6.07, 6.45) is 5.61. The highest BCUT2D eigenvalue weighted by Gasteiger charge is 2.41. The summed E-state index contributed by atoms with van der Waals surface area (Å²) < 4.78 is 5.19. The van der Waals surface area contributed by atoms with Crippen molar-refractivity contribution in [1.82, 2.24) is 4.90 Å². The minimum atomic E-state index is -1.00. The predicted octanol–water partition coefficient (Wildman–Crippen LogP) is 7.90. The van der Waals surface area contributed by atoms with Gasteiger partial charge < -0.3 is 9.64 Å². The van der Waals surface area contributed by atoms with E-state index < -0.39 is 11.9 Å². The van der Waals surface area contributed by atoms with Gasteiger partial charge in [-0.15, -0.1) is 0 Å². The van der Waals surface area contributed by atoms with Crippen LogP contribution in [-0.2, 0) is 26.3 Å². The molecule has 40 heavy (non-hydrogen) atoms. The number of hydrogen-bond acceptors (Lipinski definition) is 4. The van der Waals surface area contributed by atoms with Gasteiger partial charge in [0, 0.05) is 13.1 Å². The fourth-order valence-electron chi connectivity index (χ4n) is 5.01. The standard InChI is InChI=1S/C35H42N2O3/c1-5-6-7-8-12-23-37(24-26-15-19-29(20-16-26)35(2,3)4)33(32-31(38)25-40-34(32)39)36-30-21-17-28(18-22-30)27-13-10-9-11-14-27/h9-11,13-22,32H,5-8,12,23-25H2,1-4H3. The quantitative estimate of drug-likeness (QED) is 0.0819. The van der Waals surface area contributed by atoms with Crippen molar-refractivity contribution in [2.24, 2.45) is 10.9 Å². The summed E-state index contributed by atoms with van der Waals surface area (Å²) in [6, 6.07) is 26.8. The van der Waals surface area contributed by atoms with Crippen LogP contribution in [0.4, 0.5) is 5.69 Å². The van der Waals surface area contributed by atoms with Gasteiger partial charge in [-0.3, -0.25) is 9.59 Å². The third-order valence-electron chi connectivity index (χ3n) is 7.44. The van der Waals surface area contributed by atoms with Gasteiger partial charge in [-0.05, 0) is 46.2 Å². The molecule has 0 bridgehead atoms. The first-order chi connectivity index (χ1) is 19.3. The van der Waals surface area contributed by atoms with Crippen LogP contribution in [0, 0.1) is 5.92 Å².